The Hall–Kier alpha value is -0.580. The van der Waals surface area contributed by atoms with Gasteiger partial charge in [-0.2, -0.15) is 0 Å². The van der Waals surface area contributed by atoms with Gasteiger partial charge in [0.05, 0.1) is 11.1 Å². The van der Waals surface area contributed by atoms with Gasteiger partial charge in [0.1, 0.15) is 0 Å². The highest BCUT2D eigenvalue weighted by Gasteiger charge is 2.37. The third-order valence-electron chi connectivity index (χ3n) is 4.22. The molecule has 1 aliphatic rings. The molecule has 1 aromatic rings. The van der Waals surface area contributed by atoms with Gasteiger partial charge >= 0.3 is 0 Å². The fourth-order valence-electron chi connectivity index (χ4n) is 2.64. The van der Waals surface area contributed by atoms with Gasteiger partial charge in [-0.1, -0.05) is 18.5 Å². The Morgan fingerprint density at radius 2 is 2.10 bits per heavy atom. The molecule has 0 radical (unpaired) electrons. The molecule has 1 amide bonds. The molecule has 0 atom stereocenters. The lowest BCUT2D eigenvalue weighted by Gasteiger charge is -2.35. The van der Waals surface area contributed by atoms with E-state index in [1.165, 1.54) is 0 Å². The Bertz CT molecular complexity index is 513. The van der Waals surface area contributed by atoms with Crippen molar-refractivity contribution in [2.75, 3.05) is 18.4 Å². The second-order valence-electron chi connectivity index (χ2n) is 5.42. The Morgan fingerprint density at radius 1 is 1.45 bits per heavy atom. The van der Waals surface area contributed by atoms with Crippen LogP contribution in [0.3, 0.4) is 0 Å². The van der Waals surface area contributed by atoms with Crippen molar-refractivity contribution in [1.82, 2.24) is 5.32 Å². The molecule has 2 rings (SSSR count). The Labute approximate surface area is 133 Å². The second-order valence-corrected chi connectivity index (χ2v) is 6.68. The molecule has 1 aliphatic heterocycles. The van der Waals surface area contributed by atoms with E-state index < -0.39 is 0 Å². The van der Waals surface area contributed by atoms with Crippen molar-refractivity contribution in [1.29, 1.82) is 0 Å². The first-order valence-corrected chi connectivity index (χ1v) is 8.13. The first-order chi connectivity index (χ1) is 9.48. The maximum atomic E-state index is 12.7. The minimum Gasteiger partial charge on any atom is -0.325 e. The fourth-order valence-corrected chi connectivity index (χ4v) is 3.36. The van der Waals surface area contributed by atoms with Crippen LogP contribution >= 0.6 is 27.5 Å². The highest BCUT2D eigenvalue weighted by atomic mass is 79.9. The van der Waals surface area contributed by atoms with Crippen molar-refractivity contribution in [3.63, 3.8) is 0 Å². The number of nitrogens with one attached hydrogen (secondary N) is 2. The number of rotatable bonds is 3. The zero-order valence-corrected chi connectivity index (χ0v) is 14.2. The summed E-state index contributed by atoms with van der Waals surface area (Å²) in [5.74, 6) is 0.0992. The van der Waals surface area contributed by atoms with Gasteiger partial charge in [0.2, 0.25) is 5.91 Å². The molecule has 0 saturated carbocycles. The van der Waals surface area contributed by atoms with E-state index in [1.54, 1.807) is 0 Å². The summed E-state index contributed by atoms with van der Waals surface area (Å²) in [6, 6.07) is 3.74. The number of hydrogen-bond acceptors (Lipinski definition) is 2. The summed E-state index contributed by atoms with van der Waals surface area (Å²) in [5, 5.41) is 7.02. The number of aryl methyl sites for hydroxylation is 1. The summed E-state index contributed by atoms with van der Waals surface area (Å²) < 4.78 is 0.868. The zero-order chi connectivity index (χ0) is 14.8. The lowest BCUT2D eigenvalue weighted by Crippen LogP contribution is -2.44. The molecule has 0 spiro atoms. The van der Waals surface area contributed by atoms with Gasteiger partial charge in [-0.05, 0) is 72.9 Å². The smallest absolute Gasteiger partial charge is 0.230 e. The van der Waals surface area contributed by atoms with E-state index in [9.17, 15) is 4.79 Å². The van der Waals surface area contributed by atoms with Crippen LogP contribution in [0.2, 0.25) is 5.02 Å². The van der Waals surface area contributed by atoms with Crippen LogP contribution in [0.25, 0.3) is 0 Å². The van der Waals surface area contributed by atoms with Gasteiger partial charge in [-0.25, -0.2) is 0 Å². The van der Waals surface area contributed by atoms with E-state index in [1.807, 2.05) is 19.1 Å². The maximum absolute atomic E-state index is 12.7. The molecule has 0 aromatic heterocycles. The summed E-state index contributed by atoms with van der Waals surface area (Å²) in [6.45, 7) is 5.83. The Morgan fingerprint density at radius 3 is 2.70 bits per heavy atom. The third kappa shape index (κ3) is 3.18. The number of anilines is 1. The normalized spacial score (nSPS) is 17.8. The van der Waals surface area contributed by atoms with Gasteiger partial charge in [0.25, 0.3) is 0 Å². The topological polar surface area (TPSA) is 41.1 Å². The highest BCUT2D eigenvalue weighted by Crippen LogP contribution is 2.36. The van der Waals surface area contributed by atoms with Crippen molar-refractivity contribution in [3.8, 4) is 0 Å². The number of hydrogen-bond donors (Lipinski definition) is 2. The second kappa shape index (κ2) is 6.46. The third-order valence-corrected chi connectivity index (χ3v) is 5.28. The van der Waals surface area contributed by atoms with Crippen molar-refractivity contribution in [2.24, 2.45) is 5.41 Å². The lowest BCUT2D eigenvalue weighted by atomic mass is 9.76. The number of carbonyl (C=O) groups is 1. The molecular weight excluding hydrogens is 340 g/mol. The standard InChI is InChI=1S/C15H20BrClN2O/c1-3-15(4-6-18-7-5-15)14(20)19-13-9-12(17)10(2)8-11(13)16/h8-9,18H,3-7H2,1-2H3,(H,19,20). The molecule has 1 saturated heterocycles. The average Bonchev–Trinajstić information content (AvgIpc) is 2.45. The molecule has 110 valence electrons. The van der Waals surface area contributed by atoms with Crippen LogP contribution in [0.5, 0.6) is 0 Å². The van der Waals surface area contributed by atoms with Gasteiger partial charge < -0.3 is 10.6 Å². The zero-order valence-electron chi connectivity index (χ0n) is 11.9. The van der Waals surface area contributed by atoms with Crippen molar-refractivity contribution < 1.29 is 4.79 Å². The fraction of sp³-hybridized carbons (Fsp3) is 0.533. The summed E-state index contributed by atoms with van der Waals surface area (Å²) in [7, 11) is 0. The number of benzene rings is 1. The highest BCUT2D eigenvalue weighted by molar-refractivity contribution is 9.10. The predicted molar refractivity (Wildman–Crippen MR) is 87.3 cm³/mol. The molecule has 0 unspecified atom stereocenters. The average molecular weight is 360 g/mol. The molecular formula is C15H20BrClN2O. The molecule has 5 heteroatoms. The number of piperidine rings is 1. The summed E-state index contributed by atoms with van der Waals surface area (Å²) in [6.07, 6.45) is 2.62. The summed E-state index contributed by atoms with van der Waals surface area (Å²) >= 11 is 9.63. The van der Waals surface area contributed by atoms with Gasteiger partial charge in [0, 0.05) is 9.50 Å². The van der Waals surface area contributed by atoms with Crippen LogP contribution in [-0.4, -0.2) is 19.0 Å². The minimum absolute atomic E-state index is 0.0992. The van der Waals surface area contributed by atoms with Crippen LogP contribution in [0.15, 0.2) is 16.6 Å². The number of carbonyl (C=O) groups excluding carboxylic acids is 1. The van der Waals surface area contributed by atoms with Crippen LogP contribution in [-0.2, 0) is 4.79 Å². The van der Waals surface area contributed by atoms with Gasteiger partial charge in [-0.15, -0.1) is 0 Å². The lowest BCUT2D eigenvalue weighted by molar-refractivity contribution is -0.127. The van der Waals surface area contributed by atoms with E-state index in [0.717, 1.165) is 48.1 Å². The monoisotopic (exact) mass is 358 g/mol. The van der Waals surface area contributed by atoms with Crippen LogP contribution in [0.1, 0.15) is 31.7 Å². The SMILES string of the molecule is CCC1(C(=O)Nc2cc(Cl)c(C)cc2Br)CCNCC1. The molecule has 0 bridgehead atoms. The number of amides is 1. The largest absolute Gasteiger partial charge is 0.325 e. The summed E-state index contributed by atoms with van der Waals surface area (Å²) in [5.41, 5.74) is 1.47. The predicted octanol–water partition coefficient (Wildman–Crippen LogP) is 4.13. The van der Waals surface area contributed by atoms with E-state index in [0.29, 0.717) is 5.02 Å². The maximum Gasteiger partial charge on any atom is 0.230 e. The molecule has 0 aliphatic carbocycles. The minimum atomic E-state index is -0.262. The van der Waals surface area contributed by atoms with Crippen LogP contribution in [0.4, 0.5) is 5.69 Å². The molecule has 1 fully saturated rings. The van der Waals surface area contributed by atoms with Crippen molar-refractivity contribution >= 4 is 39.1 Å². The Kier molecular flexibility index (Phi) is 5.10. The van der Waals surface area contributed by atoms with E-state index in [2.05, 4.69) is 33.5 Å². The van der Waals surface area contributed by atoms with Crippen molar-refractivity contribution in [3.05, 3.63) is 27.2 Å². The van der Waals surface area contributed by atoms with E-state index >= 15 is 0 Å². The first-order valence-electron chi connectivity index (χ1n) is 6.96. The molecule has 1 heterocycles. The number of halogens is 2. The molecule has 20 heavy (non-hydrogen) atoms. The first kappa shape index (κ1) is 15.8. The van der Waals surface area contributed by atoms with Crippen molar-refractivity contribution in [2.45, 2.75) is 33.1 Å². The molecule has 3 nitrogen and oxygen atoms in total. The van der Waals surface area contributed by atoms with Gasteiger partial charge in [0.15, 0.2) is 0 Å². The summed E-state index contributed by atoms with van der Waals surface area (Å²) in [4.78, 5) is 12.7. The quantitative estimate of drug-likeness (QED) is 0.852. The van der Waals surface area contributed by atoms with E-state index in [4.69, 9.17) is 11.6 Å². The molecule has 1 aromatic carbocycles. The molecule has 2 N–H and O–H groups in total. The Balaban J connectivity index is 2.20. The van der Waals surface area contributed by atoms with E-state index in [-0.39, 0.29) is 11.3 Å². The van der Waals surface area contributed by atoms with Crippen LogP contribution < -0.4 is 10.6 Å². The van der Waals surface area contributed by atoms with Crippen LogP contribution in [0, 0.1) is 12.3 Å². The van der Waals surface area contributed by atoms with Gasteiger partial charge in [-0.3, -0.25) is 4.79 Å².